The minimum atomic E-state index is 0.218. The zero-order chi connectivity index (χ0) is 19.3. The standard InChI is InChI=1S/C22H31ClN2O3/c23-19-13-21-20(27-15-28-21)12-16(19)14-25-11-10-18(8-9-22(25)26)24-17-6-4-2-1-3-5-7-17/h12-13,17-18,24H,1-11,14-15H2/t18-/m0/s1. The molecular formula is C22H31ClN2O3. The normalized spacial score (nSPS) is 24.0. The van der Waals surface area contributed by atoms with Gasteiger partial charge in [0, 0.05) is 42.7 Å². The molecule has 1 saturated carbocycles. The largest absolute Gasteiger partial charge is 0.454 e. The zero-order valence-corrected chi connectivity index (χ0v) is 17.3. The molecule has 1 N–H and O–H groups in total. The van der Waals surface area contributed by atoms with Crippen LogP contribution in [0.5, 0.6) is 11.5 Å². The van der Waals surface area contributed by atoms with E-state index in [0.29, 0.717) is 41.6 Å². The Morgan fingerprint density at radius 2 is 1.64 bits per heavy atom. The summed E-state index contributed by atoms with van der Waals surface area (Å²) in [4.78, 5) is 14.6. The lowest BCUT2D eigenvalue weighted by atomic mass is 9.95. The number of halogens is 1. The quantitative estimate of drug-likeness (QED) is 0.790. The van der Waals surface area contributed by atoms with E-state index in [1.54, 1.807) is 6.07 Å². The molecule has 28 heavy (non-hydrogen) atoms. The second-order valence-corrected chi connectivity index (χ2v) is 8.75. The summed E-state index contributed by atoms with van der Waals surface area (Å²) in [6.45, 7) is 1.53. The minimum Gasteiger partial charge on any atom is -0.454 e. The van der Waals surface area contributed by atoms with Gasteiger partial charge in [0.05, 0.1) is 0 Å². The summed E-state index contributed by atoms with van der Waals surface area (Å²) < 4.78 is 10.8. The van der Waals surface area contributed by atoms with Gasteiger partial charge in [0.15, 0.2) is 11.5 Å². The second-order valence-electron chi connectivity index (χ2n) is 8.35. The molecule has 0 radical (unpaired) electrons. The number of fused-ring (bicyclic) bond motifs is 1. The Kier molecular flexibility index (Phi) is 6.63. The van der Waals surface area contributed by atoms with E-state index in [-0.39, 0.29) is 12.7 Å². The van der Waals surface area contributed by atoms with Crippen molar-refractivity contribution >= 4 is 17.5 Å². The van der Waals surface area contributed by atoms with Gasteiger partial charge in [0.25, 0.3) is 0 Å². The van der Waals surface area contributed by atoms with Gasteiger partial charge in [-0.05, 0) is 37.3 Å². The van der Waals surface area contributed by atoms with E-state index < -0.39 is 0 Å². The number of carbonyl (C=O) groups is 1. The van der Waals surface area contributed by atoms with Crippen molar-refractivity contribution < 1.29 is 14.3 Å². The molecule has 2 aliphatic heterocycles. The first-order valence-electron chi connectivity index (χ1n) is 10.8. The highest BCUT2D eigenvalue weighted by Crippen LogP contribution is 2.37. The lowest BCUT2D eigenvalue weighted by molar-refractivity contribution is -0.131. The molecule has 0 aromatic heterocycles. The van der Waals surface area contributed by atoms with Crippen molar-refractivity contribution in [3.8, 4) is 11.5 Å². The number of amides is 1. The van der Waals surface area contributed by atoms with Gasteiger partial charge >= 0.3 is 0 Å². The number of nitrogens with one attached hydrogen (secondary N) is 1. The molecule has 1 amide bonds. The summed E-state index contributed by atoms with van der Waals surface area (Å²) in [5.74, 6) is 1.61. The van der Waals surface area contributed by atoms with Crippen molar-refractivity contribution in [2.24, 2.45) is 0 Å². The Morgan fingerprint density at radius 3 is 2.43 bits per heavy atom. The Bertz CT molecular complexity index is 689. The fourth-order valence-electron chi connectivity index (χ4n) is 4.61. The molecule has 6 heteroatoms. The Hall–Kier alpha value is -1.46. The summed E-state index contributed by atoms with van der Waals surface area (Å²) in [6.07, 6.45) is 11.9. The van der Waals surface area contributed by atoms with Crippen molar-refractivity contribution in [3.05, 3.63) is 22.7 Å². The Labute approximate surface area is 172 Å². The summed E-state index contributed by atoms with van der Waals surface area (Å²) >= 11 is 6.42. The first kappa shape index (κ1) is 19.8. The Morgan fingerprint density at radius 1 is 0.964 bits per heavy atom. The van der Waals surface area contributed by atoms with Crippen molar-refractivity contribution in [1.29, 1.82) is 0 Å². The van der Waals surface area contributed by atoms with Gasteiger partial charge < -0.3 is 19.7 Å². The summed E-state index contributed by atoms with van der Waals surface area (Å²) in [7, 11) is 0. The van der Waals surface area contributed by atoms with Crippen LogP contribution in [-0.4, -0.2) is 36.2 Å². The van der Waals surface area contributed by atoms with E-state index in [0.717, 1.165) is 24.9 Å². The van der Waals surface area contributed by atoms with Gasteiger partial charge in [-0.25, -0.2) is 0 Å². The lowest BCUT2D eigenvalue weighted by Gasteiger charge is -2.27. The van der Waals surface area contributed by atoms with Crippen LogP contribution in [0, 0.1) is 0 Å². The lowest BCUT2D eigenvalue weighted by Crippen LogP contribution is -2.39. The van der Waals surface area contributed by atoms with Crippen LogP contribution in [0.25, 0.3) is 0 Å². The maximum Gasteiger partial charge on any atom is 0.231 e. The van der Waals surface area contributed by atoms with Crippen molar-refractivity contribution in [2.45, 2.75) is 82.8 Å². The highest BCUT2D eigenvalue weighted by atomic mass is 35.5. The number of likely N-dealkylation sites (tertiary alicyclic amines) is 1. The van der Waals surface area contributed by atoms with Crippen LogP contribution in [-0.2, 0) is 11.3 Å². The molecule has 1 atom stereocenters. The van der Waals surface area contributed by atoms with Gasteiger partial charge in [-0.2, -0.15) is 0 Å². The molecule has 154 valence electrons. The number of ether oxygens (including phenoxy) is 2. The molecule has 2 heterocycles. The highest BCUT2D eigenvalue weighted by Gasteiger charge is 2.26. The predicted octanol–water partition coefficient (Wildman–Crippen LogP) is 4.65. The van der Waals surface area contributed by atoms with E-state index in [9.17, 15) is 4.79 Å². The minimum absolute atomic E-state index is 0.218. The third-order valence-corrected chi connectivity index (χ3v) is 6.64. The first-order chi connectivity index (χ1) is 13.7. The molecule has 3 aliphatic rings. The van der Waals surface area contributed by atoms with Crippen LogP contribution in [0.3, 0.4) is 0 Å². The van der Waals surface area contributed by atoms with Gasteiger partial charge in [-0.3, -0.25) is 4.79 Å². The molecule has 1 aliphatic carbocycles. The number of hydrogen-bond acceptors (Lipinski definition) is 4. The number of benzene rings is 1. The monoisotopic (exact) mass is 406 g/mol. The Balaban J connectivity index is 1.35. The van der Waals surface area contributed by atoms with E-state index in [1.807, 2.05) is 11.0 Å². The maximum atomic E-state index is 12.7. The van der Waals surface area contributed by atoms with Crippen LogP contribution in [0.15, 0.2) is 12.1 Å². The predicted molar refractivity (Wildman–Crippen MR) is 110 cm³/mol. The molecule has 0 unspecified atom stereocenters. The molecule has 5 nitrogen and oxygen atoms in total. The van der Waals surface area contributed by atoms with Gasteiger partial charge in [0.2, 0.25) is 12.7 Å². The molecule has 1 aromatic carbocycles. The van der Waals surface area contributed by atoms with Crippen molar-refractivity contribution in [3.63, 3.8) is 0 Å². The van der Waals surface area contributed by atoms with Crippen LogP contribution in [0.1, 0.15) is 69.8 Å². The van der Waals surface area contributed by atoms with Crippen LogP contribution in [0.4, 0.5) is 0 Å². The number of nitrogens with zero attached hydrogens (tertiary/aromatic N) is 1. The summed E-state index contributed by atoms with van der Waals surface area (Å²) in [6, 6.07) is 4.76. The van der Waals surface area contributed by atoms with Gasteiger partial charge in [0.1, 0.15) is 0 Å². The molecule has 1 aromatic rings. The second kappa shape index (κ2) is 9.36. The molecule has 0 bridgehead atoms. The molecule has 4 rings (SSSR count). The van der Waals surface area contributed by atoms with E-state index in [2.05, 4.69) is 5.32 Å². The topological polar surface area (TPSA) is 50.8 Å². The summed E-state index contributed by atoms with van der Waals surface area (Å²) in [5, 5.41) is 4.50. The zero-order valence-electron chi connectivity index (χ0n) is 16.6. The number of carbonyl (C=O) groups excluding carboxylic acids is 1. The molecule has 0 spiro atoms. The third-order valence-electron chi connectivity index (χ3n) is 6.29. The van der Waals surface area contributed by atoms with Gasteiger partial charge in [-0.15, -0.1) is 0 Å². The summed E-state index contributed by atoms with van der Waals surface area (Å²) in [5.41, 5.74) is 0.922. The number of hydrogen-bond donors (Lipinski definition) is 1. The fourth-order valence-corrected chi connectivity index (χ4v) is 4.83. The van der Waals surface area contributed by atoms with Crippen LogP contribution < -0.4 is 14.8 Å². The SMILES string of the molecule is O=C1CC[C@H](NC2CCCCCCC2)CCN1Cc1cc2c(cc1Cl)OCO2. The van der Waals surface area contributed by atoms with Crippen LogP contribution >= 0.6 is 11.6 Å². The molecule has 1 saturated heterocycles. The first-order valence-corrected chi connectivity index (χ1v) is 11.2. The highest BCUT2D eigenvalue weighted by molar-refractivity contribution is 6.31. The van der Waals surface area contributed by atoms with Crippen LogP contribution in [0.2, 0.25) is 5.02 Å². The smallest absolute Gasteiger partial charge is 0.231 e. The van der Waals surface area contributed by atoms with Crippen molar-refractivity contribution in [2.75, 3.05) is 13.3 Å². The number of rotatable bonds is 4. The fraction of sp³-hybridized carbons (Fsp3) is 0.682. The maximum absolute atomic E-state index is 12.7. The van der Waals surface area contributed by atoms with E-state index in [1.165, 1.54) is 44.9 Å². The van der Waals surface area contributed by atoms with E-state index in [4.69, 9.17) is 21.1 Å². The molecular weight excluding hydrogens is 376 g/mol. The van der Waals surface area contributed by atoms with Crippen molar-refractivity contribution in [1.82, 2.24) is 10.2 Å². The van der Waals surface area contributed by atoms with Gasteiger partial charge in [-0.1, -0.05) is 43.7 Å². The average molecular weight is 407 g/mol. The average Bonchev–Trinajstić information content (AvgIpc) is 3.03. The third kappa shape index (κ3) is 4.93. The molecule has 2 fully saturated rings. The van der Waals surface area contributed by atoms with E-state index >= 15 is 0 Å².